The van der Waals surface area contributed by atoms with Gasteiger partial charge in [0.15, 0.2) is 24.4 Å². The van der Waals surface area contributed by atoms with E-state index in [1.54, 1.807) is 12.4 Å². The molecular formula is C26H24N6O6. The monoisotopic (exact) mass is 516 g/mol. The zero-order valence-electron chi connectivity index (χ0n) is 20.0. The van der Waals surface area contributed by atoms with Crippen LogP contribution in [-0.2, 0) is 28.5 Å². The van der Waals surface area contributed by atoms with E-state index in [-0.39, 0.29) is 13.6 Å². The summed E-state index contributed by atoms with van der Waals surface area (Å²) in [5.74, 6) is -0.217. The quantitative estimate of drug-likeness (QED) is 0.287. The molecule has 0 bridgehead atoms. The number of hydrogen-bond acceptors (Lipinski definition) is 8. The number of carbonyl (C=O) groups excluding carboxylic acids is 2. The average Bonchev–Trinajstić information content (AvgIpc) is 3.74. The summed E-state index contributed by atoms with van der Waals surface area (Å²) in [7, 11) is 0. The first-order chi connectivity index (χ1) is 18.5. The van der Waals surface area contributed by atoms with E-state index < -0.39 is 36.2 Å². The van der Waals surface area contributed by atoms with Crippen molar-refractivity contribution in [3.05, 3.63) is 72.6 Å². The third-order valence-corrected chi connectivity index (χ3v) is 6.56. The highest BCUT2D eigenvalue weighted by Crippen LogP contribution is 2.31. The summed E-state index contributed by atoms with van der Waals surface area (Å²) in [5, 5.41) is 0. The molecular weight excluding hydrogens is 492 g/mol. The fourth-order valence-corrected chi connectivity index (χ4v) is 4.57. The van der Waals surface area contributed by atoms with Gasteiger partial charge in [0.25, 0.3) is 0 Å². The second-order valence-electron chi connectivity index (χ2n) is 8.91. The molecule has 0 radical (unpaired) electrons. The summed E-state index contributed by atoms with van der Waals surface area (Å²) in [6.07, 6.45) is 0.314. The molecule has 2 aliphatic heterocycles. The van der Waals surface area contributed by atoms with E-state index in [1.165, 1.54) is 0 Å². The normalized spacial score (nSPS) is 23.1. The maximum atomic E-state index is 11.6. The lowest BCUT2D eigenvalue weighted by Crippen LogP contribution is -2.32. The van der Waals surface area contributed by atoms with Crippen LogP contribution in [0.15, 0.2) is 60.9 Å². The minimum atomic E-state index is -0.871. The smallest absolute Gasteiger partial charge is 0.249 e. The summed E-state index contributed by atoms with van der Waals surface area (Å²) < 4.78 is 21.4. The van der Waals surface area contributed by atoms with Crippen LogP contribution < -0.4 is 11.5 Å². The van der Waals surface area contributed by atoms with Crippen LogP contribution in [0.3, 0.4) is 0 Å². The Morgan fingerprint density at radius 3 is 1.37 bits per heavy atom. The van der Waals surface area contributed by atoms with Gasteiger partial charge in [-0.15, -0.1) is 0 Å². The highest BCUT2D eigenvalue weighted by atomic mass is 16.7. The van der Waals surface area contributed by atoms with E-state index in [9.17, 15) is 9.59 Å². The van der Waals surface area contributed by atoms with Crippen LogP contribution in [0.4, 0.5) is 0 Å². The summed E-state index contributed by atoms with van der Waals surface area (Å²) in [6, 6.07) is 16.0. The number of nitrogens with one attached hydrogen (secondary N) is 2. The van der Waals surface area contributed by atoms with Gasteiger partial charge < -0.3 is 40.4 Å². The van der Waals surface area contributed by atoms with Crippen molar-refractivity contribution in [3.63, 3.8) is 0 Å². The van der Waals surface area contributed by atoms with Gasteiger partial charge in [-0.2, -0.15) is 0 Å². The molecule has 2 aromatic heterocycles. The van der Waals surface area contributed by atoms with E-state index in [0.29, 0.717) is 11.6 Å². The van der Waals surface area contributed by atoms with Gasteiger partial charge in [0.1, 0.15) is 25.2 Å². The predicted octanol–water partition coefficient (Wildman–Crippen LogP) is 1.93. The van der Waals surface area contributed by atoms with Crippen molar-refractivity contribution in [2.45, 2.75) is 24.4 Å². The number of hydrogen-bond donors (Lipinski definition) is 4. The molecule has 2 aromatic carbocycles. The minimum Gasteiger partial charge on any atom is -0.367 e. The molecule has 4 aromatic rings. The molecule has 0 unspecified atom stereocenters. The Morgan fingerprint density at radius 2 is 1.00 bits per heavy atom. The molecule has 2 aliphatic rings. The Hall–Kier alpha value is -4.36. The number of primary amides is 2. The fraction of sp³-hybridized carbons (Fsp3) is 0.231. The van der Waals surface area contributed by atoms with Crippen molar-refractivity contribution < 1.29 is 28.5 Å². The molecule has 4 heterocycles. The predicted molar refractivity (Wildman–Crippen MR) is 133 cm³/mol. The Bertz CT molecular complexity index is 1350. The van der Waals surface area contributed by atoms with E-state index in [1.807, 2.05) is 48.5 Å². The van der Waals surface area contributed by atoms with Crippen molar-refractivity contribution in [2.75, 3.05) is 13.6 Å². The van der Waals surface area contributed by atoms with Crippen LogP contribution in [0.1, 0.15) is 23.9 Å². The van der Waals surface area contributed by atoms with Crippen LogP contribution in [0.2, 0.25) is 0 Å². The first kappa shape index (κ1) is 24.0. The number of aromatic nitrogens is 4. The van der Waals surface area contributed by atoms with E-state index in [0.717, 1.165) is 33.6 Å². The molecule has 194 valence electrons. The third kappa shape index (κ3) is 4.46. The number of amides is 2. The number of carbonyl (C=O) groups is 2. The summed E-state index contributed by atoms with van der Waals surface area (Å²) in [6.45, 7) is -0.0219. The topological polar surface area (TPSA) is 180 Å². The fourth-order valence-electron chi connectivity index (χ4n) is 4.57. The second-order valence-corrected chi connectivity index (χ2v) is 8.91. The SMILES string of the molecule is NC(=O)[C@H]1OCO[C@@H]1c1ncc(-c2ccc(-c3ccc(-c4cnc([C@H]5OCO[C@@H]5C(N)=O)[nH]4)cc3)cc2)[nH]1. The maximum absolute atomic E-state index is 11.6. The molecule has 0 saturated carbocycles. The van der Waals surface area contributed by atoms with Gasteiger partial charge >= 0.3 is 0 Å². The molecule has 12 nitrogen and oxygen atoms in total. The highest BCUT2D eigenvalue weighted by Gasteiger charge is 2.38. The van der Waals surface area contributed by atoms with Crippen molar-refractivity contribution >= 4 is 11.8 Å². The Labute approximate surface area is 216 Å². The number of H-pyrrole nitrogens is 2. The zero-order valence-corrected chi connectivity index (χ0v) is 20.0. The Kier molecular flexibility index (Phi) is 6.21. The maximum Gasteiger partial charge on any atom is 0.249 e. The number of imidazole rings is 2. The Balaban J connectivity index is 1.15. The van der Waals surface area contributed by atoms with Crippen LogP contribution >= 0.6 is 0 Å². The zero-order chi connectivity index (χ0) is 26.2. The molecule has 2 saturated heterocycles. The molecule has 38 heavy (non-hydrogen) atoms. The average molecular weight is 517 g/mol. The van der Waals surface area contributed by atoms with Gasteiger partial charge in [0.05, 0.1) is 23.8 Å². The highest BCUT2D eigenvalue weighted by molar-refractivity contribution is 5.80. The van der Waals surface area contributed by atoms with Crippen LogP contribution in [-0.4, -0.2) is 57.5 Å². The number of benzene rings is 2. The lowest BCUT2D eigenvalue weighted by molar-refractivity contribution is -0.128. The lowest BCUT2D eigenvalue weighted by Gasteiger charge is -2.11. The van der Waals surface area contributed by atoms with Crippen molar-refractivity contribution in [3.8, 4) is 33.6 Å². The molecule has 0 spiro atoms. The van der Waals surface area contributed by atoms with Gasteiger partial charge in [-0.1, -0.05) is 48.5 Å². The number of ether oxygens (including phenoxy) is 4. The third-order valence-electron chi connectivity index (χ3n) is 6.56. The van der Waals surface area contributed by atoms with Gasteiger partial charge in [-0.05, 0) is 22.3 Å². The number of nitrogens with two attached hydrogens (primary N) is 2. The number of nitrogens with zero attached hydrogens (tertiary/aromatic N) is 2. The van der Waals surface area contributed by atoms with Crippen molar-refractivity contribution in [1.82, 2.24) is 19.9 Å². The van der Waals surface area contributed by atoms with E-state index in [4.69, 9.17) is 30.4 Å². The first-order valence-electron chi connectivity index (χ1n) is 11.8. The molecule has 2 fully saturated rings. The van der Waals surface area contributed by atoms with Crippen molar-refractivity contribution in [2.24, 2.45) is 11.5 Å². The van der Waals surface area contributed by atoms with Crippen LogP contribution in [0.25, 0.3) is 33.6 Å². The van der Waals surface area contributed by atoms with E-state index >= 15 is 0 Å². The first-order valence-corrected chi connectivity index (χ1v) is 11.8. The summed E-state index contributed by atoms with van der Waals surface area (Å²) >= 11 is 0. The molecule has 12 heteroatoms. The van der Waals surface area contributed by atoms with Crippen LogP contribution in [0.5, 0.6) is 0 Å². The number of rotatable bonds is 7. The minimum absolute atomic E-state index is 0.0109. The standard InChI is InChI=1S/C26H24N6O6/c27-23(33)19-21(37-11-35-19)25-29-9-17(31-25)15-5-1-13(2-6-15)14-3-7-16(8-4-14)18-10-30-26(32-18)22-20(24(28)34)36-12-38-22/h1-10,19-22H,11-12H2,(H2,27,33)(H2,28,34)(H,29,31)(H,30,32)/t19-,20-,21-,22-/m0/s1. The van der Waals surface area contributed by atoms with Gasteiger partial charge in [-0.3, -0.25) is 9.59 Å². The largest absolute Gasteiger partial charge is 0.367 e. The molecule has 6 N–H and O–H groups in total. The van der Waals surface area contributed by atoms with Gasteiger partial charge in [0.2, 0.25) is 11.8 Å². The molecule has 4 atom stereocenters. The van der Waals surface area contributed by atoms with Gasteiger partial charge in [0, 0.05) is 0 Å². The Morgan fingerprint density at radius 1 is 0.632 bits per heavy atom. The molecule has 2 amide bonds. The van der Waals surface area contributed by atoms with E-state index in [2.05, 4.69) is 19.9 Å². The summed E-state index contributed by atoms with van der Waals surface area (Å²) in [4.78, 5) is 38.2. The summed E-state index contributed by atoms with van der Waals surface area (Å²) in [5.41, 5.74) is 16.3. The van der Waals surface area contributed by atoms with Gasteiger partial charge in [-0.25, -0.2) is 9.97 Å². The second kappa shape index (κ2) is 9.84. The van der Waals surface area contributed by atoms with Crippen LogP contribution in [0, 0.1) is 0 Å². The molecule has 0 aliphatic carbocycles. The lowest BCUT2D eigenvalue weighted by atomic mass is 10.0. The van der Waals surface area contributed by atoms with Crippen molar-refractivity contribution in [1.29, 1.82) is 0 Å². The number of aromatic amines is 2. The molecule has 6 rings (SSSR count).